The molecule has 1 aliphatic rings. The number of nitrogens with zero attached hydrogens (tertiary/aromatic N) is 1. The van der Waals surface area contributed by atoms with E-state index >= 15 is 0 Å². The number of hydrogen-bond donors (Lipinski definition) is 1. The first kappa shape index (κ1) is 23.3. The minimum absolute atomic E-state index is 0.0651. The van der Waals surface area contributed by atoms with Crippen LogP contribution in [0.15, 0.2) is 76.5 Å². The molecule has 0 atom stereocenters. The number of sulfonamides is 2. The Labute approximate surface area is 195 Å². The molecule has 0 fully saturated rings. The maximum absolute atomic E-state index is 13.1. The van der Waals surface area contributed by atoms with Gasteiger partial charge >= 0.3 is 0 Å². The molecule has 33 heavy (non-hydrogen) atoms. The van der Waals surface area contributed by atoms with Gasteiger partial charge in [0.25, 0.3) is 10.0 Å². The molecule has 0 saturated carbocycles. The van der Waals surface area contributed by atoms with Crippen LogP contribution in [0.3, 0.4) is 0 Å². The highest BCUT2D eigenvalue weighted by molar-refractivity contribution is 7.92. The van der Waals surface area contributed by atoms with Gasteiger partial charge in [-0.3, -0.25) is 4.72 Å². The van der Waals surface area contributed by atoms with Crippen molar-refractivity contribution in [1.29, 1.82) is 0 Å². The summed E-state index contributed by atoms with van der Waals surface area (Å²) in [6.07, 6.45) is 1.25. The zero-order valence-electron chi connectivity index (χ0n) is 18.5. The summed E-state index contributed by atoms with van der Waals surface area (Å²) in [6.45, 7) is 2.50. The van der Waals surface area contributed by atoms with E-state index in [0.717, 1.165) is 16.7 Å². The van der Waals surface area contributed by atoms with Crippen molar-refractivity contribution in [2.24, 2.45) is 0 Å². The number of hydrogen-bond acceptors (Lipinski definition) is 5. The molecule has 0 amide bonds. The van der Waals surface area contributed by atoms with Gasteiger partial charge in [-0.15, -0.1) is 0 Å². The van der Waals surface area contributed by atoms with Crippen LogP contribution in [0.4, 0.5) is 5.69 Å². The first-order chi connectivity index (χ1) is 15.7. The van der Waals surface area contributed by atoms with E-state index in [1.54, 1.807) is 54.6 Å². The van der Waals surface area contributed by atoms with Crippen molar-refractivity contribution in [2.45, 2.75) is 36.1 Å². The molecule has 3 aromatic rings. The molecule has 7 nitrogen and oxygen atoms in total. The van der Waals surface area contributed by atoms with E-state index in [2.05, 4.69) is 4.72 Å². The third-order valence-electron chi connectivity index (χ3n) is 5.74. The van der Waals surface area contributed by atoms with Gasteiger partial charge in [0.1, 0.15) is 10.6 Å². The Hall–Kier alpha value is -2.88. The number of nitrogens with one attached hydrogen (secondary N) is 1. The van der Waals surface area contributed by atoms with Crippen LogP contribution in [0.1, 0.15) is 23.6 Å². The lowest BCUT2D eigenvalue weighted by Crippen LogP contribution is -2.36. The maximum Gasteiger partial charge on any atom is 0.265 e. The predicted octanol–water partition coefficient (Wildman–Crippen LogP) is 3.81. The fraction of sp³-hybridized carbons (Fsp3) is 0.250. The zero-order chi connectivity index (χ0) is 23.6. The molecule has 0 bridgehead atoms. The molecule has 0 saturated heterocycles. The molecule has 0 aliphatic carbocycles. The minimum atomic E-state index is -3.91. The molecule has 1 N–H and O–H groups in total. The van der Waals surface area contributed by atoms with Crippen molar-refractivity contribution >= 4 is 25.7 Å². The summed E-state index contributed by atoms with van der Waals surface area (Å²) in [6, 6.07) is 18.6. The highest BCUT2D eigenvalue weighted by atomic mass is 32.2. The Bertz CT molecular complexity index is 1370. The molecule has 9 heteroatoms. The number of anilines is 1. The van der Waals surface area contributed by atoms with E-state index in [-0.39, 0.29) is 22.1 Å². The normalized spacial score (nSPS) is 14.5. The highest BCUT2D eigenvalue weighted by Gasteiger charge is 2.29. The Kier molecular flexibility index (Phi) is 6.47. The number of rotatable bonds is 7. The molecule has 1 aliphatic heterocycles. The molecule has 0 radical (unpaired) electrons. The maximum atomic E-state index is 13.1. The van der Waals surface area contributed by atoms with Gasteiger partial charge in [-0.25, -0.2) is 16.8 Å². The van der Waals surface area contributed by atoms with Gasteiger partial charge in [-0.05, 0) is 65.9 Å². The Balaban J connectivity index is 1.62. The van der Waals surface area contributed by atoms with Crippen LogP contribution in [-0.4, -0.2) is 34.8 Å². The minimum Gasteiger partial charge on any atom is -0.495 e. The quantitative estimate of drug-likeness (QED) is 0.548. The summed E-state index contributed by atoms with van der Waals surface area (Å²) < 4.78 is 61.6. The molecule has 3 aromatic carbocycles. The number of aryl methyl sites for hydroxylation is 1. The van der Waals surface area contributed by atoms with E-state index in [1.165, 1.54) is 11.4 Å². The van der Waals surface area contributed by atoms with E-state index in [1.807, 2.05) is 19.1 Å². The van der Waals surface area contributed by atoms with E-state index < -0.39 is 20.0 Å². The monoisotopic (exact) mass is 486 g/mol. The van der Waals surface area contributed by atoms with Crippen LogP contribution >= 0.6 is 0 Å². The number of ether oxygens (including phenoxy) is 1. The molecular weight excluding hydrogens is 460 g/mol. The molecule has 0 unspecified atom stereocenters. The lowest BCUT2D eigenvalue weighted by atomic mass is 10.0. The van der Waals surface area contributed by atoms with Crippen LogP contribution in [-0.2, 0) is 39.4 Å². The van der Waals surface area contributed by atoms with Crippen molar-refractivity contribution in [2.75, 3.05) is 18.4 Å². The van der Waals surface area contributed by atoms with Crippen molar-refractivity contribution < 1.29 is 21.6 Å². The van der Waals surface area contributed by atoms with Crippen molar-refractivity contribution in [3.8, 4) is 5.75 Å². The van der Waals surface area contributed by atoms with Crippen molar-refractivity contribution in [3.63, 3.8) is 0 Å². The van der Waals surface area contributed by atoms with Gasteiger partial charge in [0.2, 0.25) is 10.0 Å². The van der Waals surface area contributed by atoms with Crippen LogP contribution in [0.5, 0.6) is 5.75 Å². The summed E-state index contributed by atoms with van der Waals surface area (Å²) in [5.41, 5.74) is 3.03. The SMILES string of the molecule is CCc1ccc(OC)c(S(=O)(=O)Nc2ccc3c(c2)CN(S(=O)(=O)c2ccccc2)CC3)c1. The van der Waals surface area contributed by atoms with E-state index in [9.17, 15) is 16.8 Å². The predicted molar refractivity (Wildman–Crippen MR) is 127 cm³/mol. The smallest absolute Gasteiger partial charge is 0.265 e. The lowest BCUT2D eigenvalue weighted by molar-refractivity contribution is 0.391. The molecule has 174 valence electrons. The van der Waals surface area contributed by atoms with Crippen molar-refractivity contribution in [1.82, 2.24) is 4.31 Å². The molecule has 0 aromatic heterocycles. The topological polar surface area (TPSA) is 92.8 Å². The average Bonchev–Trinajstić information content (AvgIpc) is 2.83. The van der Waals surface area contributed by atoms with Gasteiger partial charge in [0.05, 0.1) is 12.0 Å². The number of benzene rings is 3. The van der Waals surface area contributed by atoms with Crippen LogP contribution in [0.25, 0.3) is 0 Å². The zero-order valence-corrected chi connectivity index (χ0v) is 20.1. The van der Waals surface area contributed by atoms with Crippen molar-refractivity contribution in [3.05, 3.63) is 83.4 Å². The fourth-order valence-electron chi connectivity index (χ4n) is 3.90. The second-order valence-corrected chi connectivity index (χ2v) is 11.4. The van der Waals surface area contributed by atoms with Gasteiger partial charge in [-0.1, -0.05) is 37.3 Å². The van der Waals surface area contributed by atoms with Crippen LogP contribution < -0.4 is 9.46 Å². The Morgan fingerprint density at radius 2 is 1.70 bits per heavy atom. The van der Waals surface area contributed by atoms with Gasteiger partial charge in [0.15, 0.2) is 0 Å². The third-order valence-corrected chi connectivity index (χ3v) is 9.00. The third kappa shape index (κ3) is 4.75. The largest absolute Gasteiger partial charge is 0.495 e. The Morgan fingerprint density at radius 3 is 2.39 bits per heavy atom. The standard InChI is InChI=1S/C24H26N2O5S2/c1-3-18-9-12-23(31-2)24(15-18)32(27,28)25-21-11-10-19-13-14-26(17-20(19)16-21)33(29,30)22-7-5-4-6-8-22/h4-12,15-16,25H,3,13-14,17H2,1-2H3. The first-order valence-corrected chi connectivity index (χ1v) is 13.5. The summed E-state index contributed by atoms with van der Waals surface area (Å²) in [5, 5.41) is 0. The lowest BCUT2D eigenvalue weighted by Gasteiger charge is -2.28. The second-order valence-electron chi connectivity index (χ2n) is 7.83. The van der Waals surface area contributed by atoms with Crippen LogP contribution in [0, 0.1) is 0 Å². The second kappa shape index (κ2) is 9.17. The summed E-state index contributed by atoms with van der Waals surface area (Å²) in [7, 11) is -6.11. The molecule has 1 heterocycles. The molecule has 4 rings (SSSR count). The summed E-state index contributed by atoms with van der Waals surface area (Å²) >= 11 is 0. The van der Waals surface area contributed by atoms with Crippen LogP contribution in [0.2, 0.25) is 0 Å². The van der Waals surface area contributed by atoms with E-state index in [4.69, 9.17) is 4.74 Å². The summed E-state index contributed by atoms with van der Waals surface area (Å²) in [4.78, 5) is 0.309. The first-order valence-electron chi connectivity index (χ1n) is 10.6. The van der Waals surface area contributed by atoms with Gasteiger partial charge < -0.3 is 4.74 Å². The Morgan fingerprint density at radius 1 is 0.939 bits per heavy atom. The van der Waals surface area contributed by atoms with Gasteiger partial charge in [-0.2, -0.15) is 4.31 Å². The molecular formula is C24H26N2O5S2. The molecule has 0 spiro atoms. The van der Waals surface area contributed by atoms with E-state index in [0.29, 0.717) is 25.1 Å². The highest BCUT2D eigenvalue weighted by Crippen LogP contribution is 2.30. The fourth-order valence-corrected chi connectivity index (χ4v) is 6.61. The number of methoxy groups -OCH3 is 1. The average molecular weight is 487 g/mol. The van der Waals surface area contributed by atoms with Gasteiger partial charge in [0, 0.05) is 18.8 Å². The number of fused-ring (bicyclic) bond motifs is 1. The summed E-state index contributed by atoms with van der Waals surface area (Å²) in [5.74, 6) is 0.262.